The van der Waals surface area contributed by atoms with Crippen LogP contribution in [0.15, 0.2) is 65.3 Å². The zero-order valence-corrected chi connectivity index (χ0v) is 19.5. The van der Waals surface area contributed by atoms with E-state index in [-0.39, 0.29) is 17.5 Å². The van der Waals surface area contributed by atoms with Gasteiger partial charge in [0.15, 0.2) is 5.78 Å². The molecule has 3 aliphatic heterocycles. The lowest BCUT2D eigenvalue weighted by Crippen LogP contribution is -2.47. The van der Waals surface area contributed by atoms with Crippen molar-refractivity contribution in [2.24, 2.45) is 11.8 Å². The molecule has 3 aliphatic rings. The first-order chi connectivity index (χ1) is 16.6. The highest BCUT2D eigenvalue weighted by molar-refractivity contribution is 7.21. The van der Waals surface area contributed by atoms with Crippen molar-refractivity contribution < 1.29 is 14.1 Å². The Morgan fingerprint density at radius 1 is 1.09 bits per heavy atom. The third-order valence-corrected chi connectivity index (χ3v) is 8.38. The minimum absolute atomic E-state index is 0.164. The average molecular weight is 472 g/mol. The summed E-state index contributed by atoms with van der Waals surface area (Å²) in [4.78, 5) is 28.9. The number of Topliss-reactive ketones (excluding diaryl/α,β-unsaturated/α-hetero) is 1. The van der Waals surface area contributed by atoms with Crippen LogP contribution >= 0.6 is 11.3 Å². The van der Waals surface area contributed by atoms with Crippen molar-refractivity contribution in [3.8, 4) is 11.1 Å². The van der Waals surface area contributed by atoms with E-state index in [1.54, 1.807) is 11.3 Å². The molecule has 4 aromatic rings. The molecule has 34 heavy (non-hydrogen) atoms. The Balaban J connectivity index is 1.25. The first-order valence-electron chi connectivity index (χ1n) is 11.7. The number of carbonyl (C=O) groups is 2. The molecule has 5 heterocycles. The van der Waals surface area contributed by atoms with E-state index in [0.29, 0.717) is 23.9 Å². The van der Waals surface area contributed by atoms with Crippen molar-refractivity contribution in [3.05, 3.63) is 71.4 Å². The minimum atomic E-state index is -0.343. The van der Waals surface area contributed by atoms with Gasteiger partial charge in [-0.1, -0.05) is 35.5 Å². The zero-order chi connectivity index (χ0) is 23.1. The molecular weight excluding hydrogens is 446 g/mol. The highest BCUT2D eigenvalue weighted by Gasteiger charge is 2.35. The molecule has 0 spiro atoms. The highest BCUT2D eigenvalue weighted by atomic mass is 32.1. The van der Waals surface area contributed by atoms with E-state index in [1.165, 1.54) is 38.2 Å². The van der Waals surface area contributed by atoms with Crippen LogP contribution in [0, 0.1) is 11.8 Å². The largest absolute Gasteiger partial charge is 0.351 e. The van der Waals surface area contributed by atoms with Crippen LogP contribution in [0.2, 0.25) is 0 Å². The highest BCUT2D eigenvalue weighted by Crippen LogP contribution is 2.39. The summed E-state index contributed by atoms with van der Waals surface area (Å²) in [5, 5.41) is 7.52. The second kappa shape index (κ2) is 8.81. The van der Waals surface area contributed by atoms with Crippen LogP contribution in [0.1, 0.15) is 39.5 Å². The number of amides is 1. The molecule has 2 aromatic carbocycles. The molecule has 172 valence electrons. The number of anilines is 1. The lowest BCUT2D eigenvalue weighted by Gasteiger charge is -2.44. The summed E-state index contributed by atoms with van der Waals surface area (Å²) in [6, 6.07) is 17.4. The zero-order valence-electron chi connectivity index (χ0n) is 18.7. The van der Waals surface area contributed by atoms with Gasteiger partial charge in [-0.15, -0.1) is 11.3 Å². The summed E-state index contributed by atoms with van der Waals surface area (Å²) in [5.41, 5.74) is 2.71. The summed E-state index contributed by atoms with van der Waals surface area (Å²) in [7, 11) is 0. The number of piperidine rings is 3. The van der Waals surface area contributed by atoms with Gasteiger partial charge in [0, 0.05) is 29.4 Å². The Bertz CT molecular complexity index is 1350. The SMILES string of the molecule is O=C(Nc1cccc(-c2cccc3cc(C(=O)C[C@H]4CN5CCC4CC5)sc23)c1)c1ccno1. The molecule has 3 fully saturated rings. The van der Waals surface area contributed by atoms with Crippen LogP contribution in [-0.2, 0) is 0 Å². The smallest absolute Gasteiger partial charge is 0.294 e. The number of benzene rings is 2. The number of rotatable bonds is 6. The molecule has 0 aliphatic carbocycles. The second-order valence-corrected chi connectivity index (χ2v) is 10.3. The van der Waals surface area contributed by atoms with Crippen LogP contribution in [-0.4, -0.2) is 41.4 Å². The Hall–Kier alpha value is -3.29. The van der Waals surface area contributed by atoms with Gasteiger partial charge in [0.2, 0.25) is 5.76 Å². The van der Waals surface area contributed by atoms with E-state index in [1.807, 2.05) is 36.4 Å². The number of nitrogens with one attached hydrogen (secondary N) is 1. The van der Waals surface area contributed by atoms with Gasteiger partial charge in [-0.3, -0.25) is 9.59 Å². The normalized spacial score (nSPS) is 21.6. The maximum absolute atomic E-state index is 13.2. The molecule has 2 aromatic heterocycles. The number of ketones is 1. The van der Waals surface area contributed by atoms with E-state index in [2.05, 4.69) is 27.5 Å². The number of fused-ring (bicyclic) bond motifs is 4. The van der Waals surface area contributed by atoms with Crippen molar-refractivity contribution in [1.82, 2.24) is 10.1 Å². The third-order valence-electron chi connectivity index (χ3n) is 7.15. The molecule has 1 N–H and O–H groups in total. The van der Waals surface area contributed by atoms with Gasteiger partial charge in [-0.2, -0.15) is 0 Å². The average Bonchev–Trinajstić information content (AvgIpc) is 3.55. The van der Waals surface area contributed by atoms with Crippen molar-refractivity contribution in [2.75, 3.05) is 25.0 Å². The Morgan fingerprint density at radius 3 is 2.71 bits per heavy atom. The van der Waals surface area contributed by atoms with Crippen LogP contribution in [0.4, 0.5) is 5.69 Å². The predicted octanol–water partition coefficient (Wildman–Crippen LogP) is 5.72. The number of carbonyl (C=O) groups excluding carboxylic acids is 2. The van der Waals surface area contributed by atoms with Gasteiger partial charge < -0.3 is 14.7 Å². The third kappa shape index (κ3) is 4.06. The fraction of sp³-hybridized carbons (Fsp3) is 0.296. The molecule has 6 nitrogen and oxygen atoms in total. The predicted molar refractivity (Wildman–Crippen MR) is 133 cm³/mol. The molecular formula is C27H25N3O3S. The van der Waals surface area contributed by atoms with Crippen LogP contribution < -0.4 is 5.32 Å². The number of nitrogens with zero attached hydrogens (tertiary/aromatic N) is 2. The quantitative estimate of drug-likeness (QED) is 0.364. The van der Waals surface area contributed by atoms with Crippen LogP contribution in [0.25, 0.3) is 21.2 Å². The molecule has 0 saturated carbocycles. The number of hydrogen-bond acceptors (Lipinski definition) is 6. The Morgan fingerprint density at radius 2 is 1.94 bits per heavy atom. The first kappa shape index (κ1) is 21.3. The van der Waals surface area contributed by atoms with E-state index >= 15 is 0 Å². The van der Waals surface area contributed by atoms with Crippen molar-refractivity contribution in [1.29, 1.82) is 0 Å². The van der Waals surface area contributed by atoms with Gasteiger partial charge in [-0.25, -0.2) is 0 Å². The Labute approximate surface area is 201 Å². The van der Waals surface area contributed by atoms with Gasteiger partial charge in [-0.05, 0) is 72.5 Å². The minimum Gasteiger partial charge on any atom is -0.351 e. The van der Waals surface area contributed by atoms with E-state index < -0.39 is 0 Å². The second-order valence-electron chi connectivity index (χ2n) is 9.27. The molecule has 2 bridgehead atoms. The summed E-state index contributed by atoms with van der Waals surface area (Å²) in [6.07, 6.45) is 4.56. The molecule has 1 atom stereocenters. The molecule has 0 unspecified atom stereocenters. The standard InChI is InChI=1S/C27H25N3O3S/c31-23(14-20-16-30-11-8-17(20)9-12-30)25-15-19-4-2-6-22(26(19)34-25)18-3-1-5-21(13-18)29-27(32)24-7-10-28-33-24/h1-7,10,13,15,17,20H,8-9,11-12,14,16H2,(H,29,32)/t20-/m0/s1. The summed E-state index contributed by atoms with van der Waals surface area (Å²) in [6.45, 7) is 3.46. The van der Waals surface area contributed by atoms with E-state index in [9.17, 15) is 9.59 Å². The summed E-state index contributed by atoms with van der Waals surface area (Å²) in [5.74, 6) is 1.28. The number of hydrogen-bond donors (Lipinski definition) is 1. The maximum atomic E-state index is 13.2. The monoisotopic (exact) mass is 471 g/mol. The fourth-order valence-corrected chi connectivity index (χ4v) is 6.52. The topological polar surface area (TPSA) is 75.4 Å². The van der Waals surface area contributed by atoms with Crippen LogP contribution in [0.3, 0.4) is 0 Å². The van der Waals surface area contributed by atoms with Gasteiger partial charge >= 0.3 is 0 Å². The number of thiophene rings is 1. The fourth-order valence-electron chi connectivity index (χ4n) is 5.38. The lowest BCUT2D eigenvalue weighted by atomic mass is 9.76. The van der Waals surface area contributed by atoms with E-state index in [0.717, 1.165) is 32.6 Å². The summed E-state index contributed by atoms with van der Waals surface area (Å²) < 4.78 is 6.04. The van der Waals surface area contributed by atoms with Crippen molar-refractivity contribution in [2.45, 2.75) is 19.3 Å². The van der Waals surface area contributed by atoms with Crippen molar-refractivity contribution >= 4 is 38.8 Å². The maximum Gasteiger partial charge on any atom is 0.294 e. The molecule has 1 amide bonds. The molecule has 7 heteroatoms. The lowest BCUT2D eigenvalue weighted by molar-refractivity contribution is 0.0442. The molecule has 0 radical (unpaired) electrons. The van der Waals surface area contributed by atoms with Crippen LogP contribution in [0.5, 0.6) is 0 Å². The van der Waals surface area contributed by atoms with Crippen molar-refractivity contribution in [3.63, 3.8) is 0 Å². The molecule has 7 rings (SSSR count). The summed E-state index contributed by atoms with van der Waals surface area (Å²) >= 11 is 1.58. The van der Waals surface area contributed by atoms with Gasteiger partial charge in [0.05, 0.1) is 11.1 Å². The van der Waals surface area contributed by atoms with Gasteiger partial charge in [0.1, 0.15) is 0 Å². The first-order valence-corrected chi connectivity index (χ1v) is 12.6. The number of aromatic nitrogens is 1. The van der Waals surface area contributed by atoms with E-state index in [4.69, 9.17) is 4.52 Å². The van der Waals surface area contributed by atoms with Gasteiger partial charge in [0.25, 0.3) is 5.91 Å². The Kier molecular flexibility index (Phi) is 5.51. The molecule has 3 saturated heterocycles.